The Morgan fingerprint density at radius 1 is 1.11 bits per heavy atom. The van der Waals surface area contributed by atoms with E-state index in [2.05, 4.69) is 16.7 Å². The Balaban J connectivity index is 1.98. The molecule has 1 amide bonds. The molecule has 3 nitrogen and oxygen atoms in total. The summed E-state index contributed by atoms with van der Waals surface area (Å²) in [5, 5.41) is 6.65. The second kappa shape index (κ2) is 4.30. The van der Waals surface area contributed by atoms with E-state index >= 15 is 0 Å². The Morgan fingerprint density at radius 3 is 2.56 bits per heavy atom. The van der Waals surface area contributed by atoms with Gasteiger partial charge in [-0.1, -0.05) is 37.8 Å². The third-order valence-electron chi connectivity index (χ3n) is 4.28. The molecule has 1 spiro atoms. The first-order valence-electron chi connectivity index (χ1n) is 6.91. The van der Waals surface area contributed by atoms with Crippen molar-refractivity contribution in [2.24, 2.45) is 0 Å². The SMILES string of the molecule is Cc1cccc2c1NC(=O)C1(CCCCCC1)N2. The number of fused-ring (bicyclic) bond motifs is 1. The van der Waals surface area contributed by atoms with Crippen LogP contribution in [0.15, 0.2) is 18.2 Å². The number of anilines is 2. The number of amides is 1. The van der Waals surface area contributed by atoms with Gasteiger partial charge in [-0.15, -0.1) is 0 Å². The zero-order chi connectivity index (χ0) is 12.6. The van der Waals surface area contributed by atoms with Crippen LogP contribution in [0.1, 0.15) is 44.1 Å². The molecule has 0 unspecified atom stereocenters. The zero-order valence-corrected chi connectivity index (χ0v) is 10.9. The van der Waals surface area contributed by atoms with Crippen molar-refractivity contribution in [1.29, 1.82) is 0 Å². The van der Waals surface area contributed by atoms with E-state index in [1.807, 2.05) is 19.1 Å². The molecule has 3 heteroatoms. The van der Waals surface area contributed by atoms with E-state index in [1.165, 1.54) is 12.8 Å². The van der Waals surface area contributed by atoms with E-state index in [4.69, 9.17) is 0 Å². The summed E-state index contributed by atoms with van der Waals surface area (Å²) in [7, 11) is 0. The third-order valence-corrected chi connectivity index (χ3v) is 4.28. The second-order valence-electron chi connectivity index (χ2n) is 5.57. The fraction of sp³-hybridized carbons (Fsp3) is 0.533. The van der Waals surface area contributed by atoms with Gasteiger partial charge in [-0.05, 0) is 31.4 Å². The third kappa shape index (κ3) is 1.78. The van der Waals surface area contributed by atoms with Crippen molar-refractivity contribution >= 4 is 17.3 Å². The van der Waals surface area contributed by atoms with E-state index < -0.39 is 0 Å². The topological polar surface area (TPSA) is 41.1 Å². The highest BCUT2D eigenvalue weighted by Gasteiger charge is 2.42. The molecule has 2 N–H and O–H groups in total. The summed E-state index contributed by atoms with van der Waals surface area (Å²) in [6.45, 7) is 2.03. The Labute approximate surface area is 108 Å². The Hall–Kier alpha value is -1.51. The van der Waals surface area contributed by atoms with Crippen molar-refractivity contribution in [2.75, 3.05) is 10.6 Å². The summed E-state index contributed by atoms with van der Waals surface area (Å²) in [6.07, 6.45) is 6.68. The predicted octanol–water partition coefficient (Wildman–Crippen LogP) is 3.45. The molecule has 0 atom stereocenters. The molecule has 1 aliphatic heterocycles. The molecule has 3 rings (SSSR count). The lowest BCUT2D eigenvalue weighted by atomic mass is 9.86. The van der Waals surface area contributed by atoms with Crippen LogP contribution in [-0.2, 0) is 4.79 Å². The molecular formula is C15H20N2O. The number of benzene rings is 1. The largest absolute Gasteiger partial charge is 0.370 e. The lowest BCUT2D eigenvalue weighted by Gasteiger charge is -2.38. The zero-order valence-electron chi connectivity index (χ0n) is 10.9. The maximum absolute atomic E-state index is 12.5. The van der Waals surface area contributed by atoms with E-state index in [1.54, 1.807) is 0 Å². The Kier molecular flexibility index (Phi) is 2.77. The fourth-order valence-corrected chi connectivity index (χ4v) is 3.17. The number of rotatable bonds is 0. The van der Waals surface area contributed by atoms with E-state index in [0.717, 1.165) is 42.6 Å². The fourth-order valence-electron chi connectivity index (χ4n) is 3.17. The molecule has 18 heavy (non-hydrogen) atoms. The number of hydrogen-bond donors (Lipinski definition) is 2. The van der Waals surface area contributed by atoms with Crippen molar-refractivity contribution in [2.45, 2.75) is 51.0 Å². The second-order valence-corrected chi connectivity index (χ2v) is 5.57. The monoisotopic (exact) mass is 244 g/mol. The molecule has 1 aliphatic carbocycles. The average Bonchev–Trinajstić information content (AvgIpc) is 2.59. The van der Waals surface area contributed by atoms with Gasteiger partial charge in [0.25, 0.3) is 0 Å². The number of aryl methyl sites for hydroxylation is 1. The first-order chi connectivity index (χ1) is 8.71. The van der Waals surface area contributed by atoms with Crippen molar-refractivity contribution in [1.82, 2.24) is 0 Å². The van der Waals surface area contributed by atoms with Gasteiger partial charge in [0.15, 0.2) is 0 Å². The molecule has 0 saturated heterocycles. The van der Waals surface area contributed by atoms with Crippen LogP contribution in [0, 0.1) is 6.92 Å². The quantitative estimate of drug-likeness (QED) is 0.734. The van der Waals surface area contributed by atoms with E-state index in [9.17, 15) is 4.79 Å². The molecular weight excluding hydrogens is 224 g/mol. The Morgan fingerprint density at radius 2 is 1.83 bits per heavy atom. The van der Waals surface area contributed by atoms with Crippen LogP contribution < -0.4 is 10.6 Å². The summed E-state index contributed by atoms with van der Waals surface area (Å²) in [5.41, 5.74) is 2.79. The van der Waals surface area contributed by atoms with Gasteiger partial charge in [0.05, 0.1) is 11.4 Å². The molecule has 1 aromatic carbocycles. The predicted molar refractivity (Wildman–Crippen MR) is 73.9 cm³/mol. The van der Waals surface area contributed by atoms with E-state index in [0.29, 0.717) is 0 Å². The summed E-state index contributed by atoms with van der Waals surface area (Å²) >= 11 is 0. The van der Waals surface area contributed by atoms with Gasteiger partial charge in [0, 0.05) is 0 Å². The summed E-state index contributed by atoms with van der Waals surface area (Å²) in [6, 6.07) is 6.14. The van der Waals surface area contributed by atoms with Crippen molar-refractivity contribution in [3.05, 3.63) is 23.8 Å². The maximum Gasteiger partial charge on any atom is 0.250 e. The molecule has 96 valence electrons. The molecule has 1 heterocycles. The van der Waals surface area contributed by atoms with Gasteiger partial charge in [-0.25, -0.2) is 0 Å². The van der Waals surface area contributed by atoms with Crippen molar-refractivity contribution in [3.63, 3.8) is 0 Å². The lowest BCUT2D eigenvalue weighted by Crippen LogP contribution is -2.52. The minimum absolute atomic E-state index is 0.159. The molecule has 0 radical (unpaired) electrons. The van der Waals surface area contributed by atoms with Crippen LogP contribution in [0.5, 0.6) is 0 Å². The van der Waals surface area contributed by atoms with Crippen LogP contribution in [0.2, 0.25) is 0 Å². The highest BCUT2D eigenvalue weighted by atomic mass is 16.2. The molecule has 0 aromatic heterocycles. The van der Waals surface area contributed by atoms with Crippen LogP contribution in [0.25, 0.3) is 0 Å². The minimum Gasteiger partial charge on any atom is -0.370 e. The van der Waals surface area contributed by atoms with Gasteiger partial charge in [0.1, 0.15) is 5.54 Å². The first-order valence-corrected chi connectivity index (χ1v) is 6.91. The van der Waals surface area contributed by atoms with E-state index in [-0.39, 0.29) is 11.4 Å². The van der Waals surface area contributed by atoms with Crippen LogP contribution in [0.3, 0.4) is 0 Å². The van der Waals surface area contributed by atoms with Gasteiger partial charge >= 0.3 is 0 Å². The molecule has 2 aliphatic rings. The van der Waals surface area contributed by atoms with Crippen molar-refractivity contribution < 1.29 is 4.79 Å². The van der Waals surface area contributed by atoms with Gasteiger partial charge in [0.2, 0.25) is 5.91 Å². The normalized spacial score (nSPS) is 21.7. The van der Waals surface area contributed by atoms with Crippen LogP contribution >= 0.6 is 0 Å². The van der Waals surface area contributed by atoms with Gasteiger partial charge in [-0.3, -0.25) is 4.79 Å². The number of para-hydroxylation sites is 1. The smallest absolute Gasteiger partial charge is 0.250 e. The van der Waals surface area contributed by atoms with Crippen molar-refractivity contribution in [3.8, 4) is 0 Å². The summed E-state index contributed by atoms with van der Waals surface area (Å²) in [5.74, 6) is 0.159. The number of nitrogens with one attached hydrogen (secondary N) is 2. The van der Waals surface area contributed by atoms with Crippen LogP contribution in [0.4, 0.5) is 11.4 Å². The highest BCUT2D eigenvalue weighted by molar-refractivity contribution is 6.06. The maximum atomic E-state index is 12.5. The van der Waals surface area contributed by atoms with Crippen LogP contribution in [-0.4, -0.2) is 11.4 Å². The summed E-state index contributed by atoms with van der Waals surface area (Å²) in [4.78, 5) is 12.5. The number of hydrogen-bond acceptors (Lipinski definition) is 2. The first kappa shape index (κ1) is 11.6. The molecule has 1 aromatic rings. The van der Waals surface area contributed by atoms with Gasteiger partial charge < -0.3 is 10.6 Å². The minimum atomic E-state index is -0.364. The summed E-state index contributed by atoms with van der Waals surface area (Å²) < 4.78 is 0. The molecule has 1 saturated carbocycles. The van der Waals surface area contributed by atoms with Gasteiger partial charge in [-0.2, -0.15) is 0 Å². The highest BCUT2D eigenvalue weighted by Crippen LogP contribution is 2.39. The lowest BCUT2D eigenvalue weighted by molar-refractivity contribution is -0.121. The molecule has 0 bridgehead atoms. The number of carbonyl (C=O) groups excluding carboxylic acids is 1. The molecule has 1 fully saturated rings. The number of carbonyl (C=O) groups is 1. The Bertz CT molecular complexity index is 473. The standard InChI is InChI=1S/C15H20N2O/c1-11-7-6-8-12-13(11)16-14(18)15(17-12)9-4-2-3-5-10-15/h6-8,17H,2-5,9-10H2,1H3,(H,16,18). The average molecular weight is 244 g/mol.